The molecule has 0 aliphatic carbocycles. The molecule has 6 heteroatoms. The molecular formula is C18H18N2O4. The van der Waals surface area contributed by atoms with E-state index in [0.29, 0.717) is 30.5 Å². The number of rotatable bonds is 8. The van der Waals surface area contributed by atoms with Crippen LogP contribution >= 0.6 is 0 Å². The van der Waals surface area contributed by atoms with Crippen molar-refractivity contribution in [2.75, 3.05) is 25.1 Å². The van der Waals surface area contributed by atoms with E-state index in [9.17, 15) is 4.79 Å². The summed E-state index contributed by atoms with van der Waals surface area (Å²) < 4.78 is 10.9. The molecule has 24 heavy (non-hydrogen) atoms. The summed E-state index contributed by atoms with van der Waals surface area (Å²) in [5.41, 5.74) is 0.738. The van der Waals surface area contributed by atoms with Crippen LogP contribution in [0.1, 0.15) is 6.42 Å². The second kappa shape index (κ2) is 8.44. The van der Waals surface area contributed by atoms with Gasteiger partial charge in [-0.2, -0.15) is 0 Å². The lowest BCUT2D eigenvalue weighted by Gasteiger charge is -2.21. The Morgan fingerprint density at radius 1 is 1.29 bits per heavy atom. The van der Waals surface area contributed by atoms with Gasteiger partial charge in [0, 0.05) is 12.6 Å². The number of anilines is 1. The highest BCUT2D eigenvalue weighted by atomic mass is 16.5. The first kappa shape index (κ1) is 17.2. The molecule has 0 aliphatic rings. The summed E-state index contributed by atoms with van der Waals surface area (Å²) in [6.45, 7) is 0.621. The van der Waals surface area contributed by atoms with E-state index >= 15 is 0 Å². The van der Waals surface area contributed by atoms with Gasteiger partial charge in [-0.15, -0.1) is 6.42 Å². The van der Waals surface area contributed by atoms with Crippen molar-refractivity contribution in [3.63, 3.8) is 0 Å². The molecule has 1 N–H and O–H groups in total. The number of carboxylic acids is 1. The SMILES string of the molecule is C#CCN(CCC(=O)O)c1ccc(Oc2ccccc2OC)nc1. The zero-order valence-corrected chi connectivity index (χ0v) is 13.3. The number of carbonyl (C=O) groups is 1. The van der Waals surface area contributed by atoms with E-state index < -0.39 is 5.97 Å². The second-order valence-electron chi connectivity index (χ2n) is 4.88. The van der Waals surface area contributed by atoms with E-state index in [-0.39, 0.29) is 6.42 Å². The third kappa shape index (κ3) is 4.65. The topological polar surface area (TPSA) is 71.9 Å². The highest BCUT2D eigenvalue weighted by molar-refractivity contribution is 5.67. The molecule has 124 valence electrons. The molecule has 0 radical (unpaired) electrons. The Labute approximate surface area is 140 Å². The number of nitrogens with zero attached hydrogens (tertiary/aromatic N) is 2. The van der Waals surface area contributed by atoms with E-state index in [1.54, 1.807) is 42.5 Å². The number of aliphatic carboxylic acids is 1. The van der Waals surface area contributed by atoms with Crippen molar-refractivity contribution in [2.45, 2.75) is 6.42 Å². The van der Waals surface area contributed by atoms with Crippen molar-refractivity contribution in [1.29, 1.82) is 0 Å². The number of hydrogen-bond acceptors (Lipinski definition) is 5. The van der Waals surface area contributed by atoms with Gasteiger partial charge < -0.3 is 19.5 Å². The van der Waals surface area contributed by atoms with Crippen LogP contribution in [0.2, 0.25) is 0 Å². The van der Waals surface area contributed by atoms with Crippen LogP contribution in [0.15, 0.2) is 42.6 Å². The molecule has 2 rings (SSSR count). The highest BCUT2D eigenvalue weighted by Crippen LogP contribution is 2.30. The third-order valence-electron chi connectivity index (χ3n) is 3.25. The lowest BCUT2D eigenvalue weighted by molar-refractivity contribution is -0.136. The highest BCUT2D eigenvalue weighted by Gasteiger charge is 2.10. The molecule has 0 fully saturated rings. The minimum absolute atomic E-state index is 0.00114. The Kier molecular flexibility index (Phi) is 6.03. The molecule has 0 amide bonds. The Hall–Kier alpha value is -3.20. The summed E-state index contributed by atoms with van der Waals surface area (Å²) in [5, 5.41) is 8.81. The van der Waals surface area contributed by atoms with Gasteiger partial charge in [0.2, 0.25) is 5.88 Å². The number of carboxylic acid groups (broad SMARTS) is 1. The zero-order valence-electron chi connectivity index (χ0n) is 13.3. The number of para-hydroxylation sites is 2. The van der Waals surface area contributed by atoms with Gasteiger partial charge in [0.05, 0.1) is 32.0 Å². The van der Waals surface area contributed by atoms with Crippen LogP contribution in [0.25, 0.3) is 0 Å². The van der Waals surface area contributed by atoms with Crippen LogP contribution in [-0.2, 0) is 4.79 Å². The van der Waals surface area contributed by atoms with Gasteiger partial charge in [0.25, 0.3) is 0 Å². The standard InChI is InChI=1S/C18H18N2O4/c1-3-11-20(12-10-18(21)22)14-8-9-17(19-13-14)24-16-7-5-4-6-15(16)23-2/h1,4-9,13H,10-12H2,2H3,(H,21,22). The first-order chi connectivity index (χ1) is 11.6. The maximum absolute atomic E-state index is 10.7. The molecule has 0 saturated heterocycles. The number of pyridine rings is 1. The first-order valence-corrected chi connectivity index (χ1v) is 7.31. The van der Waals surface area contributed by atoms with E-state index in [0.717, 1.165) is 5.69 Å². The maximum atomic E-state index is 10.7. The van der Waals surface area contributed by atoms with Crippen LogP contribution in [0.4, 0.5) is 5.69 Å². The Bertz CT molecular complexity index is 723. The summed E-state index contributed by atoms with van der Waals surface area (Å²) in [5.74, 6) is 3.22. The van der Waals surface area contributed by atoms with Crippen molar-refractivity contribution in [2.24, 2.45) is 0 Å². The molecule has 0 saturated carbocycles. The molecule has 0 unspecified atom stereocenters. The maximum Gasteiger partial charge on any atom is 0.305 e. The number of aromatic nitrogens is 1. The summed E-state index contributed by atoms with van der Waals surface area (Å²) in [6.07, 6.45) is 6.94. The predicted octanol–water partition coefficient (Wildman–Crippen LogP) is 2.80. The van der Waals surface area contributed by atoms with Gasteiger partial charge in [-0.1, -0.05) is 18.1 Å². The Morgan fingerprint density at radius 3 is 2.62 bits per heavy atom. The van der Waals surface area contributed by atoms with Crippen LogP contribution in [0.3, 0.4) is 0 Å². The first-order valence-electron chi connectivity index (χ1n) is 7.31. The molecule has 0 atom stereocenters. The van der Waals surface area contributed by atoms with Gasteiger partial charge in [-0.3, -0.25) is 4.79 Å². The average Bonchev–Trinajstić information content (AvgIpc) is 2.60. The van der Waals surface area contributed by atoms with Crippen LogP contribution in [0.5, 0.6) is 17.4 Å². The van der Waals surface area contributed by atoms with Crippen LogP contribution in [-0.4, -0.2) is 36.3 Å². The summed E-state index contributed by atoms with van der Waals surface area (Å²) in [6, 6.07) is 10.8. The summed E-state index contributed by atoms with van der Waals surface area (Å²) in [7, 11) is 1.57. The predicted molar refractivity (Wildman–Crippen MR) is 90.6 cm³/mol. The van der Waals surface area contributed by atoms with Crippen LogP contribution in [0, 0.1) is 12.3 Å². The van der Waals surface area contributed by atoms with E-state index in [2.05, 4.69) is 10.9 Å². The number of benzene rings is 1. The molecule has 0 aliphatic heterocycles. The quantitative estimate of drug-likeness (QED) is 0.752. The second-order valence-corrected chi connectivity index (χ2v) is 4.88. The van der Waals surface area contributed by atoms with Crippen molar-refractivity contribution in [3.05, 3.63) is 42.6 Å². The third-order valence-corrected chi connectivity index (χ3v) is 3.25. The molecule has 1 heterocycles. The molecule has 0 bridgehead atoms. The van der Waals surface area contributed by atoms with Crippen molar-refractivity contribution >= 4 is 11.7 Å². The zero-order chi connectivity index (χ0) is 17.4. The lowest BCUT2D eigenvalue weighted by atomic mass is 10.3. The summed E-state index contributed by atoms with van der Waals surface area (Å²) >= 11 is 0. The normalized spacial score (nSPS) is 9.83. The van der Waals surface area contributed by atoms with Gasteiger partial charge in [-0.05, 0) is 18.2 Å². The fourth-order valence-electron chi connectivity index (χ4n) is 2.08. The lowest BCUT2D eigenvalue weighted by Crippen LogP contribution is -2.26. The molecule has 1 aromatic carbocycles. The van der Waals surface area contributed by atoms with Crippen molar-refractivity contribution in [3.8, 4) is 29.7 Å². The van der Waals surface area contributed by atoms with Gasteiger partial charge in [0.15, 0.2) is 11.5 Å². The molecule has 6 nitrogen and oxygen atoms in total. The van der Waals surface area contributed by atoms with Crippen molar-refractivity contribution < 1.29 is 19.4 Å². The molecular weight excluding hydrogens is 308 g/mol. The average molecular weight is 326 g/mol. The van der Waals surface area contributed by atoms with Crippen molar-refractivity contribution in [1.82, 2.24) is 4.98 Å². The smallest absolute Gasteiger partial charge is 0.305 e. The largest absolute Gasteiger partial charge is 0.493 e. The molecule has 1 aromatic heterocycles. The van der Waals surface area contributed by atoms with E-state index in [1.165, 1.54) is 0 Å². The van der Waals surface area contributed by atoms with E-state index in [4.69, 9.17) is 21.0 Å². The fourth-order valence-corrected chi connectivity index (χ4v) is 2.08. The Balaban J connectivity index is 2.11. The number of methoxy groups -OCH3 is 1. The van der Waals surface area contributed by atoms with Gasteiger partial charge >= 0.3 is 5.97 Å². The molecule has 0 spiro atoms. The summed E-state index contributed by atoms with van der Waals surface area (Å²) in [4.78, 5) is 16.7. The Morgan fingerprint density at radius 2 is 2.04 bits per heavy atom. The monoisotopic (exact) mass is 326 g/mol. The minimum Gasteiger partial charge on any atom is -0.493 e. The van der Waals surface area contributed by atoms with Crippen LogP contribution < -0.4 is 14.4 Å². The van der Waals surface area contributed by atoms with E-state index in [1.807, 2.05) is 12.1 Å². The van der Waals surface area contributed by atoms with Gasteiger partial charge in [-0.25, -0.2) is 4.98 Å². The number of terminal acetylenes is 1. The molecule has 2 aromatic rings. The van der Waals surface area contributed by atoms with Gasteiger partial charge in [0.1, 0.15) is 0 Å². The minimum atomic E-state index is -0.874. The number of ether oxygens (including phenoxy) is 2. The number of hydrogen-bond donors (Lipinski definition) is 1. The fraction of sp³-hybridized carbons (Fsp3) is 0.222.